The van der Waals surface area contributed by atoms with Gasteiger partial charge < -0.3 is 0 Å². The van der Waals surface area contributed by atoms with Gasteiger partial charge in [-0.05, 0) is 0 Å². The van der Waals surface area contributed by atoms with Gasteiger partial charge >= 0.3 is 199 Å². The van der Waals surface area contributed by atoms with Crippen molar-refractivity contribution >= 4 is 23.5 Å². The molecule has 2 aromatic carbocycles. The Kier molecular flexibility index (Phi) is 9.32. The predicted octanol–water partition coefficient (Wildman–Crippen LogP) is 8.32. The van der Waals surface area contributed by atoms with Crippen molar-refractivity contribution in [1.29, 1.82) is 0 Å². The molecule has 0 aliphatic heterocycles. The number of hydrogen-bond acceptors (Lipinski definition) is 2. The summed E-state index contributed by atoms with van der Waals surface area (Å²) >= 11 is 3.87. The quantitative estimate of drug-likeness (QED) is 0.356. The van der Waals surface area contributed by atoms with Gasteiger partial charge in [0.05, 0.1) is 0 Å². The number of thioether (sulfide) groups is 2. The molecule has 0 heterocycles. The third kappa shape index (κ3) is 7.58. The van der Waals surface area contributed by atoms with Crippen LogP contribution < -0.4 is 0 Å². The van der Waals surface area contributed by atoms with Gasteiger partial charge in [0.15, 0.2) is 0 Å². The average Bonchev–Trinajstić information content (AvgIpc) is 2.78. The molecule has 3 heteroatoms. The molecule has 2 saturated carbocycles. The summed E-state index contributed by atoms with van der Waals surface area (Å²) < 4.78 is 2.71. The molecule has 2 aliphatic carbocycles. The fourth-order valence-electron chi connectivity index (χ4n) is 4.47. The van der Waals surface area contributed by atoms with Crippen molar-refractivity contribution in [3.05, 3.63) is 59.7 Å². The van der Waals surface area contributed by atoms with Gasteiger partial charge in [0.25, 0.3) is 0 Å². The molecule has 0 N–H and O–H groups in total. The van der Waals surface area contributed by atoms with Crippen LogP contribution in [0.25, 0.3) is 0 Å². The summed E-state index contributed by atoms with van der Waals surface area (Å²) in [5.74, 6) is 0. The molecule has 29 heavy (non-hydrogen) atoms. The second-order valence-electron chi connectivity index (χ2n) is 8.65. The van der Waals surface area contributed by atoms with Crippen molar-refractivity contribution in [3.63, 3.8) is 0 Å². The van der Waals surface area contributed by atoms with E-state index in [1.165, 1.54) is 82.3 Å². The van der Waals surface area contributed by atoms with Crippen LogP contribution in [0.3, 0.4) is 0 Å². The molecule has 0 nitrogen and oxygen atoms in total. The first kappa shape index (κ1) is 22.2. The van der Waals surface area contributed by atoms with Crippen molar-refractivity contribution in [3.8, 4) is 0 Å². The van der Waals surface area contributed by atoms with Crippen LogP contribution in [0.4, 0.5) is 0 Å². The van der Waals surface area contributed by atoms with Crippen LogP contribution in [0.2, 0.25) is 0 Å². The van der Waals surface area contributed by atoms with Gasteiger partial charge in [-0.15, -0.1) is 0 Å². The minimum absolute atomic E-state index is 0.368. The van der Waals surface area contributed by atoms with Crippen molar-refractivity contribution in [2.45, 2.75) is 92.8 Å². The Bertz CT molecular complexity index is 650. The summed E-state index contributed by atoms with van der Waals surface area (Å²) in [5, 5.41) is 1.73. The topological polar surface area (TPSA) is 0 Å². The molecule has 0 radical (unpaired) electrons. The van der Waals surface area contributed by atoms with Crippen LogP contribution in [0.15, 0.2) is 58.3 Å². The van der Waals surface area contributed by atoms with Crippen LogP contribution in [0.5, 0.6) is 0 Å². The normalized spacial score (nSPS) is 18.6. The van der Waals surface area contributed by atoms with E-state index in [0.29, 0.717) is 0 Å². The van der Waals surface area contributed by atoms with E-state index < -0.39 is 0 Å². The zero-order valence-corrected chi connectivity index (χ0v) is 21.7. The summed E-state index contributed by atoms with van der Waals surface area (Å²) in [4.78, 5) is 2.97. The van der Waals surface area contributed by atoms with Crippen LogP contribution in [-0.2, 0) is 31.5 Å². The van der Waals surface area contributed by atoms with E-state index in [-0.39, 0.29) is 23.2 Å². The molecule has 0 spiro atoms. The van der Waals surface area contributed by atoms with Gasteiger partial charge in [-0.2, -0.15) is 0 Å². The average molecular weight is 502 g/mol. The maximum atomic E-state index is 2.40. The Balaban J connectivity index is 1.18. The third-order valence-corrected chi connectivity index (χ3v) is 12.1. The Morgan fingerprint density at radius 2 is 0.931 bits per heavy atom. The van der Waals surface area contributed by atoms with Gasteiger partial charge in [0.1, 0.15) is 0 Å². The van der Waals surface area contributed by atoms with E-state index >= 15 is 0 Å². The Hall–Kier alpha value is 0.0231. The van der Waals surface area contributed by atoms with E-state index in [4.69, 9.17) is 0 Å². The van der Waals surface area contributed by atoms with Crippen molar-refractivity contribution in [2.24, 2.45) is 0 Å². The molecule has 2 fully saturated rings. The molecule has 4 rings (SSSR count). The number of hydrogen-bond donors (Lipinski definition) is 0. The first-order valence-electron chi connectivity index (χ1n) is 11.6. The molecule has 0 aromatic heterocycles. The third-order valence-electron chi connectivity index (χ3n) is 6.21. The summed E-state index contributed by atoms with van der Waals surface area (Å²) in [7, 11) is 0. The van der Waals surface area contributed by atoms with Gasteiger partial charge in [-0.25, -0.2) is 0 Å². The monoisotopic (exact) mass is 500 g/mol. The number of rotatable bonds is 8. The summed E-state index contributed by atoms with van der Waals surface area (Å²) in [6, 6.07) is 19.1. The molecular formula is C26H34S2Zr. The molecule has 0 amide bonds. The van der Waals surface area contributed by atoms with E-state index in [0.717, 1.165) is 10.5 Å². The van der Waals surface area contributed by atoms with E-state index in [2.05, 4.69) is 72.1 Å². The van der Waals surface area contributed by atoms with Crippen LogP contribution in [-0.4, -0.2) is 10.5 Å². The fraction of sp³-hybridized carbons (Fsp3) is 0.538. The van der Waals surface area contributed by atoms with Crippen LogP contribution in [0.1, 0.15) is 75.3 Å². The van der Waals surface area contributed by atoms with Gasteiger partial charge in [0.2, 0.25) is 0 Å². The standard InChI is InChI=1S/2C13H17S.Zr/c2*1-11-7-9-13(10-8-11)14-12-5-3-2-4-6-12;/h2*7-10,12H,1-6H2;. The molecular weight excluding hydrogens is 468 g/mol. The predicted molar refractivity (Wildman–Crippen MR) is 126 cm³/mol. The molecule has 2 aromatic rings. The Labute approximate surface area is 198 Å². The van der Waals surface area contributed by atoms with Crippen molar-refractivity contribution in [2.75, 3.05) is 0 Å². The van der Waals surface area contributed by atoms with E-state index in [1.807, 2.05) is 0 Å². The number of benzene rings is 2. The van der Waals surface area contributed by atoms with Crippen molar-refractivity contribution < 1.29 is 23.2 Å². The molecule has 154 valence electrons. The summed E-state index contributed by atoms with van der Waals surface area (Å²) in [6.45, 7) is 0. The minimum atomic E-state index is -0.368. The first-order chi connectivity index (χ1) is 14.3. The summed E-state index contributed by atoms with van der Waals surface area (Å²) in [5.41, 5.74) is 3.13. The second-order valence-corrected chi connectivity index (χ2v) is 14.4. The molecule has 2 aliphatic rings. The van der Waals surface area contributed by atoms with Gasteiger partial charge in [0, 0.05) is 0 Å². The zero-order valence-electron chi connectivity index (χ0n) is 17.6. The fourth-order valence-corrected chi connectivity index (χ4v) is 9.85. The maximum absolute atomic E-state index is 2.40. The molecule has 0 unspecified atom stereocenters. The first-order valence-corrected chi connectivity index (χ1v) is 16.8. The van der Waals surface area contributed by atoms with Crippen LogP contribution in [0, 0.1) is 0 Å². The second kappa shape index (κ2) is 12.2. The van der Waals surface area contributed by atoms with Crippen molar-refractivity contribution in [1.82, 2.24) is 0 Å². The van der Waals surface area contributed by atoms with Gasteiger partial charge in [-0.1, -0.05) is 0 Å². The van der Waals surface area contributed by atoms with E-state index in [1.54, 1.807) is 11.1 Å². The zero-order chi connectivity index (χ0) is 19.7. The Morgan fingerprint density at radius 1 is 0.552 bits per heavy atom. The molecule has 0 bridgehead atoms. The summed E-state index contributed by atoms with van der Waals surface area (Å²) in [6.07, 6.45) is 14.3. The SMILES string of the molecule is c1cc(SC2CCCCC2)ccc1[CH2][Zr][CH2]c1ccc(SC2CCCCC2)cc1. The molecule has 0 atom stereocenters. The van der Waals surface area contributed by atoms with Gasteiger partial charge in [-0.3, -0.25) is 0 Å². The van der Waals surface area contributed by atoms with E-state index in [9.17, 15) is 0 Å². The Morgan fingerprint density at radius 3 is 1.31 bits per heavy atom. The van der Waals surface area contributed by atoms with Crippen LogP contribution >= 0.6 is 23.5 Å². The molecule has 0 saturated heterocycles.